The molecule has 23 heavy (non-hydrogen) atoms. The summed E-state index contributed by atoms with van der Waals surface area (Å²) < 4.78 is 5.40. The van der Waals surface area contributed by atoms with E-state index in [0.29, 0.717) is 35.6 Å². The standard InChI is InChI=1S/C19H18O4/c1-23-17-4-2-3-10-7-14-16(9-13(10)17)18(21)12-6-5-11(20)8-15(12)19(14)22/h2-4,7,9,11,20-22H,5-6,8H2,1H3. The third-order valence-corrected chi connectivity index (χ3v) is 4.81. The van der Waals surface area contributed by atoms with Crippen LogP contribution in [0.25, 0.3) is 21.5 Å². The first-order valence-electron chi connectivity index (χ1n) is 7.74. The fraction of sp³-hybridized carbons (Fsp3) is 0.263. The second-order valence-electron chi connectivity index (χ2n) is 6.13. The quantitative estimate of drug-likeness (QED) is 0.476. The van der Waals surface area contributed by atoms with Gasteiger partial charge in [-0.2, -0.15) is 0 Å². The van der Waals surface area contributed by atoms with Crippen molar-refractivity contribution in [2.24, 2.45) is 0 Å². The van der Waals surface area contributed by atoms with Gasteiger partial charge in [-0.05, 0) is 36.4 Å². The molecule has 0 amide bonds. The highest BCUT2D eigenvalue weighted by Gasteiger charge is 2.25. The van der Waals surface area contributed by atoms with Crippen molar-refractivity contribution < 1.29 is 20.1 Å². The van der Waals surface area contributed by atoms with Gasteiger partial charge in [-0.15, -0.1) is 0 Å². The second-order valence-corrected chi connectivity index (χ2v) is 6.13. The molecule has 0 aromatic heterocycles. The number of hydrogen-bond donors (Lipinski definition) is 3. The lowest BCUT2D eigenvalue weighted by atomic mass is 9.85. The summed E-state index contributed by atoms with van der Waals surface area (Å²) in [5, 5.41) is 34.3. The average molecular weight is 310 g/mol. The molecule has 0 heterocycles. The number of fused-ring (bicyclic) bond motifs is 3. The first-order chi connectivity index (χ1) is 11.1. The van der Waals surface area contributed by atoms with Crippen LogP contribution in [0.15, 0.2) is 30.3 Å². The van der Waals surface area contributed by atoms with Crippen molar-refractivity contribution in [3.8, 4) is 17.2 Å². The number of ether oxygens (including phenoxy) is 1. The first-order valence-corrected chi connectivity index (χ1v) is 7.74. The average Bonchev–Trinajstić information content (AvgIpc) is 2.57. The zero-order chi connectivity index (χ0) is 16.1. The Morgan fingerprint density at radius 2 is 1.74 bits per heavy atom. The molecule has 0 bridgehead atoms. The summed E-state index contributed by atoms with van der Waals surface area (Å²) in [7, 11) is 1.62. The topological polar surface area (TPSA) is 69.9 Å². The number of phenols is 2. The molecule has 1 atom stereocenters. The molecule has 3 aromatic carbocycles. The summed E-state index contributed by atoms with van der Waals surface area (Å²) in [6.45, 7) is 0. The molecule has 0 spiro atoms. The van der Waals surface area contributed by atoms with Crippen LogP contribution in [-0.4, -0.2) is 28.5 Å². The van der Waals surface area contributed by atoms with Crippen LogP contribution in [0.2, 0.25) is 0 Å². The van der Waals surface area contributed by atoms with E-state index in [0.717, 1.165) is 22.1 Å². The van der Waals surface area contributed by atoms with Crippen LogP contribution in [-0.2, 0) is 12.8 Å². The van der Waals surface area contributed by atoms with Crippen LogP contribution in [0.1, 0.15) is 17.5 Å². The fourth-order valence-electron chi connectivity index (χ4n) is 3.62. The molecule has 1 aliphatic rings. The van der Waals surface area contributed by atoms with Gasteiger partial charge >= 0.3 is 0 Å². The SMILES string of the molecule is COc1cccc2cc3c(O)c4c(c(O)c3cc12)CCC(O)C4. The maximum atomic E-state index is 10.7. The van der Waals surface area contributed by atoms with Crippen molar-refractivity contribution in [1.29, 1.82) is 0 Å². The van der Waals surface area contributed by atoms with Gasteiger partial charge in [0.25, 0.3) is 0 Å². The van der Waals surface area contributed by atoms with Crippen molar-refractivity contribution in [2.45, 2.75) is 25.4 Å². The number of aromatic hydroxyl groups is 2. The normalized spacial score (nSPS) is 17.4. The number of hydrogen-bond acceptors (Lipinski definition) is 4. The van der Waals surface area contributed by atoms with E-state index in [2.05, 4.69) is 0 Å². The fourth-order valence-corrected chi connectivity index (χ4v) is 3.62. The predicted molar refractivity (Wildman–Crippen MR) is 89.4 cm³/mol. The van der Waals surface area contributed by atoms with Crippen LogP contribution in [0, 0.1) is 0 Å². The molecule has 0 radical (unpaired) electrons. The molecule has 0 aliphatic heterocycles. The molecule has 4 rings (SSSR count). The smallest absolute Gasteiger partial charge is 0.127 e. The Kier molecular flexibility index (Phi) is 3.10. The van der Waals surface area contributed by atoms with Crippen molar-refractivity contribution in [1.82, 2.24) is 0 Å². The Labute approximate surface area is 133 Å². The Morgan fingerprint density at radius 1 is 1.00 bits per heavy atom. The predicted octanol–water partition coefficient (Wildman–Crippen LogP) is 3.26. The van der Waals surface area contributed by atoms with Crippen molar-refractivity contribution in [3.63, 3.8) is 0 Å². The number of methoxy groups -OCH3 is 1. The Bertz CT molecular complexity index is 930. The number of benzene rings is 3. The van der Waals surface area contributed by atoms with E-state index < -0.39 is 6.10 Å². The maximum absolute atomic E-state index is 10.7. The highest BCUT2D eigenvalue weighted by atomic mass is 16.5. The van der Waals surface area contributed by atoms with E-state index in [1.54, 1.807) is 7.11 Å². The van der Waals surface area contributed by atoms with E-state index in [-0.39, 0.29) is 11.5 Å². The summed E-state index contributed by atoms with van der Waals surface area (Å²) in [6, 6.07) is 9.45. The first kappa shape index (κ1) is 14.2. The van der Waals surface area contributed by atoms with Gasteiger partial charge in [0.15, 0.2) is 0 Å². The molecule has 1 aliphatic carbocycles. The maximum Gasteiger partial charge on any atom is 0.127 e. The van der Waals surface area contributed by atoms with E-state index in [1.807, 2.05) is 30.3 Å². The van der Waals surface area contributed by atoms with Gasteiger partial charge in [-0.1, -0.05) is 12.1 Å². The molecule has 118 valence electrons. The molecular formula is C19H18O4. The van der Waals surface area contributed by atoms with Gasteiger partial charge in [0.05, 0.1) is 13.2 Å². The molecule has 1 unspecified atom stereocenters. The summed E-state index contributed by atoms with van der Waals surface area (Å²) in [4.78, 5) is 0. The highest BCUT2D eigenvalue weighted by molar-refractivity contribution is 6.06. The summed E-state index contributed by atoms with van der Waals surface area (Å²) in [5.41, 5.74) is 1.41. The van der Waals surface area contributed by atoms with Gasteiger partial charge in [0, 0.05) is 33.7 Å². The van der Waals surface area contributed by atoms with Crippen molar-refractivity contribution >= 4 is 21.5 Å². The zero-order valence-corrected chi connectivity index (χ0v) is 12.8. The van der Waals surface area contributed by atoms with Crippen molar-refractivity contribution in [2.75, 3.05) is 7.11 Å². The monoisotopic (exact) mass is 310 g/mol. The molecule has 3 aromatic rings. The molecule has 0 saturated carbocycles. The Morgan fingerprint density at radius 3 is 2.52 bits per heavy atom. The van der Waals surface area contributed by atoms with E-state index >= 15 is 0 Å². The summed E-state index contributed by atoms with van der Waals surface area (Å²) in [5.74, 6) is 1.10. The molecular weight excluding hydrogens is 292 g/mol. The van der Waals surface area contributed by atoms with Gasteiger partial charge < -0.3 is 20.1 Å². The third-order valence-electron chi connectivity index (χ3n) is 4.81. The summed E-state index contributed by atoms with van der Waals surface area (Å²) >= 11 is 0. The molecule has 4 nitrogen and oxygen atoms in total. The highest BCUT2D eigenvalue weighted by Crippen LogP contribution is 2.45. The number of rotatable bonds is 1. The summed E-state index contributed by atoms with van der Waals surface area (Å²) in [6.07, 6.45) is 1.07. The van der Waals surface area contributed by atoms with Crippen LogP contribution in [0.3, 0.4) is 0 Å². The van der Waals surface area contributed by atoms with E-state index in [9.17, 15) is 15.3 Å². The third kappa shape index (κ3) is 2.02. The Balaban J connectivity index is 2.11. The number of aliphatic hydroxyl groups is 1. The van der Waals surface area contributed by atoms with E-state index in [1.165, 1.54) is 0 Å². The van der Waals surface area contributed by atoms with Crippen LogP contribution in [0.5, 0.6) is 17.2 Å². The van der Waals surface area contributed by atoms with Gasteiger partial charge in [0.2, 0.25) is 0 Å². The number of phenolic OH excluding ortho intramolecular Hbond substituents is 2. The van der Waals surface area contributed by atoms with Crippen LogP contribution >= 0.6 is 0 Å². The van der Waals surface area contributed by atoms with Crippen molar-refractivity contribution in [3.05, 3.63) is 41.5 Å². The lowest BCUT2D eigenvalue weighted by molar-refractivity contribution is 0.157. The van der Waals surface area contributed by atoms with Crippen LogP contribution in [0.4, 0.5) is 0 Å². The zero-order valence-electron chi connectivity index (χ0n) is 12.8. The van der Waals surface area contributed by atoms with E-state index in [4.69, 9.17) is 4.74 Å². The lowest BCUT2D eigenvalue weighted by Gasteiger charge is -2.24. The van der Waals surface area contributed by atoms with Gasteiger partial charge in [-0.3, -0.25) is 0 Å². The van der Waals surface area contributed by atoms with Gasteiger partial charge in [-0.25, -0.2) is 0 Å². The van der Waals surface area contributed by atoms with Gasteiger partial charge in [0.1, 0.15) is 17.2 Å². The largest absolute Gasteiger partial charge is 0.507 e. The van der Waals surface area contributed by atoms with Crippen LogP contribution < -0.4 is 4.74 Å². The lowest BCUT2D eigenvalue weighted by Crippen LogP contribution is -2.19. The molecule has 3 N–H and O–H groups in total. The molecule has 4 heteroatoms. The molecule has 0 fully saturated rings. The minimum Gasteiger partial charge on any atom is -0.507 e. The molecule has 0 saturated heterocycles. The minimum absolute atomic E-state index is 0.163. The Hall–Kier alpha value is -2.46. The second kappa shape index (κ2) is 5.03. The number of aliphatic hydroxyl groups excluding tert-OH is 1. The minimum atomic E-state index is -0.467.